The first kappa shape index (κ1) is 11.0. The predicted molar refractivity (Wildman–Crippen MR) is 62.7 cm³/mol. The Labute approximate surface area is 100 Å². The van der Waals surface area contributed by atoms with Gasteiger partial charge in [0.2, 0.25) is 0 Å². The van der Waals surface area contributed by atoms with E-state index >= 15 is 0 Å². The summed E-state index contributed by atoms with van der Waals surface area (Å²) in [5.74, 6) is 0. The first-order chi connectivity index (χ1) is 7.59. The monoisotopic (exact) mass is 256 g/mol. The normalized spacial score (nSPS) is 10.4. The average molecular weight is 257 g/mol. The van der Waals surface area contributed by atoms with E-state index in [-0.39, 0.29) is 5.15 Å². The molecule has 2 rings (SSSR count). The Morgan fingerprint density at radius 2 is 1.81 bits per heavy atom. The van der Waals surface area contributed by atoms with Crippen molar-refractivity contribution in [1.29, 1.82) is 0 Å². The first-order valence-electron chi connectivity index (χ1n) is 4.36. The zero-order chi connectivity index (χ0) is 11.7. The maximum Gasteiger partial charge on any atom is 0.334 e. The summed E-state index contributed by atoms with van der Waals surface area (Å²) in [6.45, 7) is 0. The summed E-state index contributed by atoms with van der Waals surface area (Å²) in [5.41, 5.74) is -0.820. The minimum atomic E-state index is -0.620. The van der Waals surface area contributed by atoms with Crippen molar-refractivity contribution in [3.8, 4) is 5.69 Å². The number of nitrogens with zero attached hydrogens (tertiary/aromatic N) is 1. The summed E-state index contributed by atoms with van der Waals surface area (Å²) in [6.07, 6.45) is 0. The van der Waals surface area contributed by atoms with Gasteiger partial charge in [-0.15, -0.1) is 0 Å². The van der Waals surface area contributed by atoms with Gasteiger partial charge in [-0.1, -0.05) is 35.3 Å². The molecule has 0 spiro atoms. The molecule has 1 aromatic heterocycles. The lowest BCUT2D eigenvalue weighted by atomic mass is 10.3. The minimum absolute atomic E-state index is 0.00157. The Morgan fingerprint density at radius 1 is 1.12 bits per heavy atom. The topological polar surface area (TPSA) is 54.9 Å². The van der Waals surface area contributed by atoms with Gasteiger partial charge in [0.15, 0.2) is 0 Å². The van der Waals surface area contributed by atoms with Gasteiger partial charge in [-0.2, -0.15) is 0 Å². The van der Waals surface area contributed by atoms with E-state index in [0.29, 0.717) is 10.7 Å². The van der Waals surface area contributed by atoms with Crippen molar-refractivity contribution in [2.75, 3.05) is 0 Å². The largest absolute Gasteiger partial charge is 0.334 e. The van der Waals surface area contributed by atoms with Crippen LogP contribution in [0.1, 0.15) is 0 Å². The number of nitrogens with one attached hydrogen (secondary N) is 1. The van der Waals surface area contributed by atoms with Crippen molar-refractivity contribution < 1.29 is 0 Å². The Hall–Kier alpha value is -1.52. The van der Waals surface area contributed by atoms with Crippen LogP contribution in [0.15, 0.2) is 39.9 Å². The third-order valence-electron chi connectivity index (χ3n) is 1.99. The van der Waals surface area contributed by atoms with Crippen molar-refractivity contribution in [2.45, 2.75) is 0 Å². The molecule has 0 bridgehead atoms. The first-order valence-corrected chi connectivity index (χ1v) is 5.12. The fourth-order valence-corrected chi connectivity index (χ4v) is 1.72. The highest BCUT2D eigenvalue weighted by molar-refractivity contribution is 6.32. The molecule has 4 nitrogen and oxygen atoms in total. The van der Waals surface area contributed by atoms with Crippen LogP contribution in [0.4, 0.5) is 0 Å². The number of halogens is 2. The summed E-state index contributed by atoms with van der Waals surface area (Å²) in [6, 6.07) is 7.68. The van der Waals surface area contributed by atoms with E-state index in [1.54, 1.807) is 24.3 Å². The summed E-state index contributed by atoms with van der Waals surface area (Å²) in [5, 5.41) is 0.315. The lowest BCUT2D eigenvalue weighted by Gasteiger charge is -2.05. The van der Waals surface area contributed by atoms with Gasteiger partial charge in [0.05, 0.1) is 10.7 Å². The van der Waals surface area contributed by atoms with Crippen LogP contribution in [-0.2, 0) is 0 Å². The highest BCUT2D eigenvalue weighted by atomic mass is 35.5. The van der Waals surface area contributed by atoms with Crippen LogP contribution >= 0.6 is 23.2 Å². The maximum absolute atomic E-state index is 11.6. The van der Waals surface area contributed by atoms with Gasteiger partial charge in [0.25, 0.3) is 5.56 Å². The molecule has 16 heavy (non-hydrogen) atoms. The summed E-state index contributed by atoms with van der Waals surface area (Å²) in [4.78, 5) is 25.5. The van der Waals surface area contributed by atoms with Gasteiger partial charge in [-0.3, -0.25) is 9.78 Å². The maximum atomic E-state index is 11.6. The standard InChI is InChI=1S/C10H6Cl2N2O2/c11-6-3-1-2-4-7(6)14-9(15)5-8(12)13-10(14)16/h1-5H,(H,13,16). The molecule has 1 N–H and O–H groups in total. The lowest BCUT2D eigenvalue weighted by molar-refractivity contribution is 0.876. The SMILES string of the molecule is O=c1cc(Cl)[nH]c(=O)n1-c1ccccc1Cl. The van der Waals surface area contributed by atoms with Crippen LogP contribution in [0.3, 0.4) is 0 Å². The third kappa shape index (κ3) is 1.89. The molecule has 0 amide bonds. The molecule has 0 atom stereocenters. The summed E-state index contributed by atoms with van der Waals surface area (Å²) < 4.78 is 0.925. The van der Waals surface area contributed by atoms with Crippen LogP contribution < -0.4 is 11.2 Å². The van der Waals surface area contributed by atoms with E-state index in [4.69, 9.17) is 23.2 Å². The van der Waals surface area contributed by atoms with Crippen LogP contribution in [0.25, 0.3) is 5.69 Å². The fraction of sp³-hybridized carbons (Fsp3) is 0. The number of rotatable bonds is 1. The molecule has 0 saturated heterocycles. The second-order valence-corrected chi connectivity index (χ2v) is 3.86. The Bertz CT molecular complexity index is 615. The van der Waals surface area contributed by atoms with Crippen LogP contribution in [-0.4, -0.2) is 9.55 Å². The van der Waals surface area contributed by atoms with Gasteiger partial charge in [-0.25, -0.2) is 9.36 Å². The van der Waals surface area contributed by atoms with Gasteiger partial charge < -0.3 is 0 Å². The minimum Gasteiger partial charge on any atom is -0.297 e. The molecule has 0 aliphatic heterocycles. The van der Waals surface area contributed by atoms with Gasteiger partial charge in [0.1, 0.15) is 5.15 Å². The highest BCUT2D eigenvalue weighted by Gasteiger charge is 2.08. The molecule has 1 aromatic carbocycles. The fourth-order valence-electron chi connectivity index (χ4n) is 1.33. The average Bonchev–Trinajstić information content (AvgIpc) is 2.19. The number of para-hydroxylation sites is 1. The number of aromatic amines is 1. The number of hydrogen-bond acceptors (Lipinski definition) is 2. The molecule has 0 saturated carbocycles. The second-order valence-electron chi connectivity index (χ2n) is 3.05. The Balaban J connectivity index is 2.81. The quantitative estimate of drug-likeness (QED) is 0.792. The van der Waals surface area contributed by atoms with E-state index in [2.05, 4.69) is 4.98 Å². The Kier molecular flexibility index (Phi) is 2.85. The molecule has 2 aromatic rings. The molecule has 6 heteroatoms. The van der Waals surface area contributed by atoms with Crippen molar-refractivity contribution in [3.63, 3.8) is 0 Å². The Morgan fingerprint density at radius 3 is 2.44 bits per heavy atom. The highest BCUT2D eigenvalue weighted by Crippen LogP contribution is 2.16. The zero-order valence-electron chi connectivity index (χ0n) is 7.91. The van der Waals surface area contributed by atoms with E-state index in [1.807, 2.05) is 0 Å². The van der Waals surface area contributed by atoms with Gasteiger partial charge in [0, 0.05) is 6.07 Å². The number of hydrogen-bond donors (Lipinski definition) is 1. The van der Waals surface area contributed by atoms with Crippen molar-refractivity contribution >= 4 is 23.2 Å². The van der Waals surface area contributed by atoms with Crippen LogP contribution in [0, 0.1) is 0 Å². The van der Waals surface area contributed by atoms with E-state index < -0.39 is 11.2 Å². The van der Waals surface area contributed by atoms with E-state index in [9.17, 15) is 9.59 Å². The summed E-state index contributed by atoms with van der Waals surface area (Å²) >= 11 is 11.4. The number of benzene rings is 1. The smallest absolute Gasteiger partial charge is 0.297 e. The van der Waals surface area contributed by atoms with Gasteiger partial charge in [-0.05, 0) is 12.1 Å². The molecule has 0 radical (unpaired) electrons. The second kappa shape index (κ2) is 4.15. The lowest BCUT2D eigenvalue weighted by Crippen LogP contribution is -2.33. The zero-order valence-corrected chi connectivity index (χ0v) is 9.42. The van der Waals surface area contributed by atoms with Gasteiger partial charge >= 0.3 is 5.69 Å². The van der Waals surface area contributed by atoms with Crippen molar-refractivity contribution in [1.82, 2.24) is 9.55 Å². The molecular weight excluding hydrogens is 251 g/mol. The molecule has 82 valence electrons. The molecule has 0 aliphatic carbocycles. The van der Waals surface area contributed by atoms with Crippen molar-refractivity contribution in [3.05, 3.63) is 61.3 Å². The van der Waals surface area contributed by atoms with E-state index in [1.165, 1.54) is 0 Å². The number of aromatic nitrogens is 2. The van der Waals surface area contributed by atoms with Crippen LogP contribution in [0.5, 0.6) is 0 Å². The molecular formula is C10H6Cl2N2O2. The molecule has 0 aliphatic rings. The predicted octanol–water partition coefficient (Wildman–Crippen LogP) is 1.83. The van der Waals surface area contributed by atoms with E-state index in [0.717, 1.165) is 10.6 Å². The molecule has 1 heterocycles. The van der Waals surface area contributed by atoms with Crippen LogP contribution in [0.2, 0.25) is 10.2 Å². The third-order valence-corrected chi connectivity index (χ3v) is 2.52. The molecule has 0 fully saturated rings. The molecule has 0 unspecified atom stereocenters. The summed E-state index contributed by atoms with van der Waals surface area (Å²) in [7, 11) is 0. The number of H-pyrrole nitrogens is 1. The van der Waals surface area contributed by atoms with Crippen molar-refractivity contribution in [2.24, 2.45) is 0 Å².